The average molecular weight is 420 g/mol. The number of allylic oxidation sites excluding steroid dienone is 1. The molecule has 0 saturated heterocycles. The van der Waals surface area contributed by atoms with Crippen LogP contribution in [-0.4, -0.2) is 28.8 Å². The summed E-state index contributed by atoms with van der Waals surface area (Å²) >= 11 is 6.67. The van der Waals surface area contributed by atoms with Crippen LogP contribution in [0.5, 0.6) is 11.6 Å². The fourth-order valence-corrected chi connectivity index (χ4v) is 3.67. The lowest BCUT2D eigenvalue weighted by atomic mass is 10.1. The van der Waals surface area contributed by atoms with Gasteiger partial charge in [-0.15, -0.1) is 0 Å². The monoisotopic (exact) mass is 419 g/mol. The van der Waals surface area contributed by atoms with Crippen LogP contribution >= 0.6 is 11.6 Å². The van der Waals surface area contributed by atoms with E-state index in [2.05, 4.69) is 13.0 Å². The van der Waals surface area contributed by atoms with Gasteiger partial charge >= 0.3 is 0 Å². The Bertz CT molecular complexity index is 1200. The molecule has 4 rings (SSSR count). The molecule has 2 heterocycles. The van der Waals surface area contributed by atoms with Gasteiger partial charge in [0.15, 0.2) is 5.65 Å². The Kier molecular flexibility index (Phi) is 5.72. The molecule has 0 atom stereocenters. The number of fused-ring (bicyclic) bond motifs is 1. The summed E-state index contributed by atoms with van der Waals surface area (Å²) in [4.78, 5) is 4.71. The van der Waals surface area contributed by atoms with Gasteiger partial charge in [-0.05, 0) is 24.1 Å². The molecule has 2 aromatic carbocycles. The molecule has 0 N–H and O–H groups in total. The van der Waals surface area contributed by atoms with Gasteiger partial charge in [0.05, 0.1) is 19.8 Å². The van der Waals surface area contributed by atoms with E-state index in [1.165, 1.54) is 0 Å². The highest BCUT2D eigenvalue weighted by atomic mass is 35.5. The number of ether oxygens (including phenoxy) is 2. The van der Waals surface area contributed by atoms with E-state index in [4.69, 9.17) is 31.2 Å². The van der Waals surface area contributed by atoms with Crippen molar-refractivity contribution in [2.45, 2.75) is 13.3 Å². The number of halogens is 1. The normalized spacial score (nSPS) is 11.3. The van der Waals surface area contributed by atoms with E-state index < -0.39 is 0 Å². The van der Waals surface area contributed by atoms with Crippen LogP contribution in [-0.2, 0) is 0 Å². The van der Waals surface area contributed by atoms with Crippen molar-refractivity contribution in [2.24, 2.45) is 0 Å². The third-order valence-corrected chi connectivity index (χ3v) is 5.13. The number of hydrogen-bond donors (Lipinski definition) is 0. The lowest BCUT2D eigenvalue weighted by molar-refractivity contribution is 0.387. The average Bonchev–Trinajstić information content (AvgIpc) is 3.15. The zero-order valence-electron chi connectivity index (χ0n) is 17.1. The number of nitrogens with zero attached hydrogens (tertiary/aromatic N) is 3. The molecule has 6 heteroatoms. The van der Waals surface area contributed by atoms with E-state index in [-0.39, 0.29) is 0 Å². The van der Waals surface area contributed by atoms with E-state index in [1.54, 1.807) is 18.7 Å². The minimum Gasteiger partial charge on any atom is -0.497 e. The van der Waals surface area contributed by atoms with Crippen LogP contribution in [0.1, 0.15) is 18.9 Å². The first-order valence-electron chi connectivity index (χ1n) is 9.70. The van der Waals surface area contributed by atoms with Crippen molar-refractivity contribution >= 4 is 23.3 Å². The fourth-order valence-electron chi connectivity index (χ4n) is 3.40. The van der Waals surface area contributed by atoms with Gasteiger partial charge in [0, 0.05) is 11.1 Å². The van der Waals surface area contributed by atoms with Crippen LogP contribution in [0.2, 0.25) is 5.15 Å². The Labute approximate surface area is 180 Å². The smallest absolute Gasteiger partial charge is 0.227 e. The molecule has 0 unspecified atom stereocenters. The van der Waals surface area contributed by atoms with Gasteiger partial charge in [0.2, 0.25) is 5.88 Å². The van der Waals surface area contributed by atoms with Crippen molar-refractivity contribution < 1.29 is 9.47 Å². The summed E-state index contributed by atoms with van der Waals surface area (Å²) in [6, 6.07) is 17.6. The second-order valence-electron chi connectivity index (χ2n) is 6.69. The Morgan fingerprint density at radius 3 is 2.33 bits per heavy atom. The number of methoxy groups -OCH3 is 2. The first-order chi connectivity index (χ1) is 14.7. The molecule has 0 bridgehead atoms. The first-order valence-corrected chi connectivity index (χ1v) is 10.1. The van der Waals surface area contributed by atoms with Crippen molar-refractivity contribution in [3.05, 3.63) is 71.4 Å². The van der Waals surface area contributed by atoms with Crippen LogP contribution in [0, 0.1) is 0 Å². The molecule has 4 aromatic rings. The summed E-state index contributed by atoms with van der Waals surface area (Å²) in [6.45, 7) is 2.09. The molecule has 0 amide bonds. The van der Waals surface area contributed by atoms with Crippen molar-refractivity contribution in [3.63, 3.8) is 0 Å². The molecule has 0 spiro atoms. The second-order valence-corrected chi connectivity index (χ2v) is 7.05. The number of benzene rings is 2. The van der Waals surface area contributed by atoms with Crippen molar-refractivity contribution in [1.82, 2.24) is 14.6 Å². The van der Waals surface area contributed by atoms with E-state index in [0.717, 1.165) is 34.6 Å². The molecular formula is C24H22ClN3O2. The summed E-state index contributed by atoms with van der Waals surface area (Å²) in [6.07, 6.45) is 5.03. The largest absolute Gasteiger partial charge is 0.497 e. The number of aromatic nitrogens is 3. The molecule has 0 aliphatic carbocycles. The minimum atomic E-state index is 0.357. The maximum absolute atomic E-state index is 6.67. The van der Waals surface area contributed by atoms with Gasteiger partial charge in [0.1, 0.15) is 16.6 Å². The highest BCUT2D eigenvalue weighted by Gasteiger charge is 2.22. The van der Waals surface area contributed by atoms with E-state index in [1.807, 2.05) is 60.7 Å². The zero-order valence-corrected chi connectivity index (χ0v) is 17.8. The van der Waals surface area contributed by atoms with Gasteiger partial charge < -0.3 is 9.47 Å². The molecule has 0 saturated carbocycles. The molecule has 5 nitrogen and oxygen atoms in total. The lowest BCUT2D eigenvalue weighted by Gasteiger charge is -2.12. The topological polar surface area (TPSA) is 48.7 Å². The fraction of sp³-hybridized carbons (Fsp3) is 0.167. The number of rotatable bonds is 6. The molecule has 152 valence electrons. The van der Waals surface area contributed by atoms with Crippen molar-refractivity contribution in [3.8, 4) is 34.0 Å². The predicted molar refractivity (Wildman–Crippen MR) is 121 cm³/mol. The Morgan fingerprint density at radius 2 is 1.70 bits per heavy atom. The summed E-state index contributed by atoms with van der Waals surface area (Å²) in [5.41, 5.74) is 4.94. The molecule has 0 fully saturated rings. The van der Waals surface area contributed by atoms with Gasteiger partial charge in [0.25, 0.3) is 0 Å². The molecule has 30 heavy (non-hydrogen) atoms. The summed E-state index contributed by atoms with van der Waals surface area (Å²) in [5.74, 6) is 1.30. The lowest BCUT2D eigenvalue weighted by Crippen LogP contribution is -2.02. The standard InChI is InChI=1S/C24H22ClN3O2/c1-4-5-11-19-21(17-9-7-6-8-10-17)27-28-23(19)26-22(25)20(24(28)30-3)16-12-14-18(29-2)15-13-16/h5-15H,4H2,1-3H3/b11-5+. The number of hydrogen-bond acceptors (Lipinski definition) is 4. The second kappa shape index (κ2) is 8.59. The molecular weight excluding hydrogens is 398 g/mol. The maximum atomic E-state index is 6.67. The Balaban J connectivity index is 2.01. The van der Waals surface area contributed by atoms with Gasteiger partial charge in [-0.3, -0.25) is 0 Å². The molecule has 0 aliphatic heterocycles. The van der Waals surface area contributed by atoms with E-state index >= 15 is 0 Å². The third-order valence-electron chi connectivity index (χ3n) is 4.85. The third kappa shape index (κ3) is 3.53. The van der Waals surface area contributed by atoms with Crippen LogP contribution < -0.4 is 9.47 Å². The highest BCUT2D eigenvalue weighted by molar-refractivity contribution is 6.32. The molecule has 0 radical (unpaired) electrons. The summed E-state index contributed by atoms with van der Waals surface area (Å²) in [5, 5.41) is 5.22. The summed E-state index contributed by atoms with van der Waals surface area (Å²) < 4.78 is 12.8. The Hall–Kier alpha value is -3.31. The quantitative estimate of drug-likeness (QED) is 0.351. The zero-order chi connectivity index (χ0) is 21.1. The van der Waals surface area contributed by atoms with Crippen LogP contribution in [0.25, 0.3) is 34.1 Å². The van der Waals surface area contributed by atoms with Crippen molar-refractivity contribution in [2.75, 3.05) is 14.2 Å². The van der Waals surface area contributed by atoms with Crippen LogP contribution in [0.4, 0.5) is 0 Å². The van der Waals surface area contributed by atoms with Crippen LogP contribution in [0.15, 0.2) is 60.7 Å². The molecule has 2 aromatic heterocycles. The van der Waals surface area contributed by atoms with E-state index in [9.17, 15) is 0 Å². The van der Waals surface area contributed by atoms with Gasteiger partial charge in [-0.1, -0.05) is 73.1 Å². The molecule has 0 aliphatic rings. The van der Waals surface area contributed by atoms with Crippen LogP contribution in [0.3, 0.4) is 0 Å². The summed E-state index contributed by atoms with van der Waals surface area (Å²) in [7, 11) is 3.25. The minimum absolute atomic E-state index is 0.357. The van der Waals surface area contributed by atoms with E-state index in [0.29, 0.717) is 22.2 Å². The maximum Gasteiger partial charge on any atom is 0.227 e. The van der Waals surface area contributed by atoms with Crippen molar-refractivity contribution in [1.29, 1.82) is 0 Å². The van der Waals surface area contributed by atoms with Gasteiger partial charge in [-0.25, -0.2) is 4.98 Å². The first kappa shape index (κ1) is 20.0. The Morgan fingerprint density at radius 1 is 0.967 bits per heavy atom. The van der Waals surface area contributed by atoms with Gasteiger partial charge in [-0.2, -0.15) is 9.61 Å². The SMILES string of the molecule is CC/C=C/c1c(-c2ccccc2)nn2c(OC)c(-c3ccc(OC)cc3)c(Cl)nc12. The highest BCUT2D eigenvalue weighted by Crippen LogP contribution is 2.39. The predicted octanol–water partition coefficient (Wildman–Crippen LogP) is 6.16.